The van der Waals surface area contributed by atoms with Gasteiger partial charge in [0, 0.05) is 16.7 Å². The topological polar surface area (TPSA) is 58.6 Å². The highest BCUT2D eigenvalue weighted by Crippen LogP contribution is 2.23. The van der Waals surface area contributed by atoms with Gasteiger partial charge in [-0.05, 0) is 43.5 Å². The summed E-state index contributed by atoms with van der Waals surface area (Å²) in [5, 5.41) is 12.1. The first-order chi connectivity index (χ1) is 8.56. The molecule has 4 nitrogen and oxygen atoms in total. The average molecular weight is 314 g/mol. The molecule has 5 heteroatoms. The van der Waals surface area contributed by atoms with Crippen molar-refractivity contribution in [3.63, 3.8) is 0 Å². The number of benzene rings is 1. The lowest BCUT2D eigenvalue weighted by Crippen LogP contribution is -2.24. The fourth-order valence-electron chi connectivity index (χ4n) is 2.09. The summed E-state index contributed by atoms with van der Waals surface area (Å²) < 4.78 is 6.49. The number of anilines is 1. The first kappa shape index (κ1) is 13.4. The molecule has 0 aromatic heterocycles. The number of carboxylic acid groups (broad SMARTS) is 1. The van der Waals surface area contributed by atoms with Gasteiger partial charge in [0.25, 0.3) is 0 Å². The highest BCUT2D eigenvalue weighted by molar-refractivity contribution is 9.10. The van der Waals surface area contributed by atoms with Crippen molar-refractivity contribution in [3.05, 3.63) is 28.2 Å². The molecule has 0 radical (unpaired) electrons. The summed E-state index contributed by atoms with van der Waals surface area (Å²) in [6.45, 7) is 2.68. The number of aryl methyl sites for hydroxylation is 1. The molecule has 0 amide bonds. The quantitative estimate of drug-likeness (QED) is 0.897. The minimum atomic E-state index is -0.864. The van der Waals surface area contributed by atoms with Crippen LogP contribution >= 0.6 is 15.9 Å². The van der Waals surface area contributed by atoms with Gasteiger partial charge in [0.1, 0.15) is 0 Å². The first-order valence-corrected chi connectivity index (χ1v) is 6.74. The van der Waals surface area contributed by atoms with Crippen molar-refractivity contribution in [2.45, 2.75) is 32.0 Å². The molecule has 1 saturated heterocycles. The van der Waals surface area contributed by atoms with Crippen LogP contribution in [0.1, 0.15) is 18.4 Å². The fourth-order valence-corrected chi connectivity index (χ4v) is 2.56. The van der Waals surface area contributed by atoms with E-state index < -0.39 is 12.1 Å². The SMILES string of the molecule is Cc1cc(Br)ccc1NCC1CCC(C(=O)O)O1. The summed E-state index contributed by atoms with van der Waals surface area (Å²) in [6, 6.07) is 6.02. The number of nitrogens with one attached hydrogen (secondary N) is 1. The second kappa shape index (κ2) is 5.71. The molecule has 0 aliphatic carbocycles. The highest BCUT2D eigenvalue weighted by Gasteiger charge is 2.30. The Hall–Kier alpha value is -1.07. The van der Waals surface area contributed by atoms with E-state index in [1.165, 1.54) is 0 Å². The minimum Gasteiger partial charge on any atom is -0.479 e. The molecule has 0 spiro atoms. The lowest BCUT2D eigenvalue weighted by Gasteiger charge is -2.14. The predicted molar refractivity (Wildman–Crippen MR) is 72.9 cm³/mol. The summed E-state index contributed by atoms with van der Waals surface area (Å²) in [4.78, 5) is 10.8. The molecule has 1 aromatic carbocycles. The Kier molecular flexibility index (Phi) is 4.24. The molecule has 98 valence electrons. The lowest BCUT2D eigenvalue weighted by atomic mass is 10.1. The maximum absolute atomic E-state index is 10.8. The Bertz CT molecular complexity index is 450. The van der Waals surface area contributed by atoms with Gasteiger partial charge >= 0.3 is 5.97 Å². The molecule has 18 heavy (non-hydrogen) atoms. The van der Waals surface area contributed by atoms with Gasteiger partial charge in [-0.1, -0.05) is 15.9 Å². The van der Waals surface area contributed by atoms with Gasteiger partial charge < -0.3 is 15.2 Å². The van der Waals surface area contributed by atoms with Crippen LogP contribution in [0.25, 0.3) is 0 Å². The zero-order valence-electron chi connectivity index (χ0n) is 10.1. The van der Waals surface area contributed by atoms with Gasteiger partial charge in [-0.2, -0.15) is 0 Å². The number of carboxylic acids is 1. The fraction of sp³-hybridized carbons (Fsp3) is 0.462. The highest BCUT2D eigenvalue weighted by atomic mass is 79.9. The van der Waals surface area contributed by atoms with Crippen LogP contribution in [0, 0.1) is 6.92 Å². The van der Waals surface area contributed by atoms with E-state index in [2.05, 4.69) is 21.2 Å². The smallest absolute Gasteiger partial charge is 0.332 e. The number of carbonyl (C=O) groups is 1. The standard InChI is InChI=1S/C13H16BrNO3/c1-8-6-9(14)2-4-11(8)15-7-10-3-5-12(18-10)13(16)17/h2,4,6,10,12,15H,3,5,7H2,1H3,(H,16,17). The van der Waals surface area contributed by atoms with Crippen LogP contribution in [0.5, 0.6) is 0 Å². The second-order valence-electron chi connectivity index (χ2n) is 4.50. The number of hydrogen-bond donors (Lipinski definition) is 2. The average Bonchev–Trinajstić information content (AvgIpc) is 2.76. The lowest BCUT2D eigenvalue weighted by molar-refractivity contribution is -0.149. The van der Waals surface area contributed by atoms with Crippen molar-refractivity contribution in [1.29, 1.82) is 0 Å². The van der Waals surface area contributed by atoms with E-state index in [0.717, 1.165) is 22.1 Å². The Morgan fingerprint density at radius 2 is 2.33 bits per heavy atom. The van der Waals surface area contributed by atoms with Crippen LogP contribution in [0.3, 0.4) is 0 Å². The van der Waals surface area contributed by atoms with E-state index in [-0.39, 0.29) is 6.10 Å². The molecule has 2 atom stereocenters. The van der Waals surface area contributed by atoms with E-state index in [4.69, 9.17) is 9.84 Å². The van der Waals surface area contributed by atoms with Crippen LogP contribution in [0.4, 0.5) is 5.69 Å². The van der Waals surface area contributed by atoms with Crippen LogP contribution in [-0.4, -0.2) is 29.8 Å². The van der Waals surface area contributed by atoms with Gasteiger partial charge in [-0.3, -0.25) is 0 Å². The van der Waals surface area contributed by atoms with Crippen molar-refractivity contribution in [2.75, 3.05) is 11.9 Å². The van der Waals surface area contributed by atoms with E-state index in [9.17, 15) is 4.79 Å². The molecular weight excluding hydrogens is 298 g/mol. The van der Waals surface area contributed by atoms with Crippen LogP contribution in [0.15, 0.2) is 22.7 Å². The molecular formula is C13H16BrNO3. The maximum Gasteiger partial charge on any atom is 0.332 e. The van der Waals surface area contributed by atoms with Crippen molar-refractivity contribution in [1.82, 2.24) is 0 Å². The summed E-state index contributed by atoms with van der Waals surface area (Å²) in [5.74, 6) is -0.864. The molecule has 1 aliphatic heterocycles. The predicted octanol–water partition coefficient (Wildman–Crippen LogP) is 2.80. The third kappa shape index (κ3) is 3.23. The maximum atomic E-state index is 10.8. The van der Waals surface area contributed by atoms with Crippen molar-refractivity contribution >= 4 is 27.6 Å². The Labute approximate surface area is 114 Å². The largest absolute Gasteiger partial charge is 0.479 e. The Balaban J connectivity index is 1.87. The third-order valence-electron chi connectivity index (χ3n) is 3.09. The summed E-state index contributed by atoms with van der Waals surface area (Å²) in [6.07, 6.45) is 0.734. The zero-order valence-corrected chi connectivity index (χ0v) is 11.7. The van der Waals surface area contributed by atoms with E-state index in [1.54, 1.807) is 0 Å². The minimum absolute atomic E-state index is 0.0193. The van der Waals surface area contributed by atoms with Gasteiger partial charge in [0.2, 0.25) is 0 Å². The molecule has 2 unspecified atom stereocenters. The molecule has 2 N–H and O–H groups in total. The van der Waals surface area contributed by atoms with Gasteiger partial charge in [0.15, 0.2) is 6.10 Å². The molecule has 1 heterocycles. The van der Waals surface area contributed by atoms with Crippen molar-refractivity contribution in [2.24, 2.45) is 0 Å². The molecule has 0 saturated carbocycles. The first-order valence-electron chi connectivity index (χ1n) is 5.94. The number of hydrogen-bond acceptors (Lipinski definition) is 3. The second-order valence-corrected chi connectivity index (χ2v) is 5.42. The normalized spacial score (nSPS) is 23.0. The number of aliphatic carboxylic acids is 1. The van der Waals surface area contributed by atoms with Gasteiger partial charge in [0.05, 0.1) is 6.10 Å². The Morgan fingerprint density at radius 3 is 2.94 bits per heavy atom. The molecule has 1 aliphatic rings. The van der Waals surface area contributed by atoms with Crippen molar-refractivity contribution < 1.29 is 14.6 Å². The summed E-state index contributed by atoms with van der Waals surface area (Å²) >= 11 is 3.42. The van der Waals surface area contributed by atoms with Crippen LogP contribution < -0.4 is 5.32 Å². The summed E-state index contributed by atoms with van der Waals surface area (Å²) in [5.41, 5.74) is 2.21. The number of rotatable bonds is 4. The van der Waals surface area contributed by atoms with E-state index in [1.807, 2.05) is 25.1 Å². The molecule has 1 fully saturated rings. The molecule has 2 rings (SSSR count). The monoisotopic (exact) mass is 313 g/mol. The summed E-state index contributed by atoms with van der Waals surface area (Å²) in [7, 11) is 0. The Morgan fingerprint density at radius 1 is 1.56 bits per heavy atom. The van der Waals surface area contributed by atoms with E-state index in [0.29, 0.717) is 13.0 Å². The van der Waals surface area contributed by atoms with Crippen molar-refractivity contribution in [3.8, 4) is 0 Å². The number of halogens is 1. The van der Waals surface area contributed by atoms with Crippen LogP contribution in [0.2, 0.25) is 0 Å². The molecule has 1 aromatic rings. The van der Waals surface area contributed by atoms with E-state index >= 15 is 0 Å². The van der Waals surface area contributed by atoms with Gasteiger partial charge in [-0.15, -0.1) is 0 Å². The van der Waals surface area contributed by atoms with Crippen LogP contribution in [-0.2, 0) is 9.53 Å². The van der Waals surface area contributed by atoms with Gasteiger partial charge in [-0.25, -0.2) is 4.79 Å². The molecule has 0 bridgehead atoms. The number of ether oxygens (including phenoxy) is 1. The third-order valence-corrected chi connectivity index (χ3v) is 3.58. The zero-order chi connectivity index (χ0) is 13.1.